The lowest BCUT2D eigenvalue weighted by Gasteiger charge is -2.26. The molecule has 2 aromatic rings. The summed E-state index contributed by atoms with van der Waals surface area (Å²) < 4.78 is 9.72. The van der Waals surface area contributed by atoms with Crippen molar-refractivity contribution >= 4 is 18.1 Å². The van der Waals surface area contributed by atoms with Crippen LogP contribution in [0, 0.1) is 0 Å². The van der Waals surface area contributed by atoms with Gasteiger partial charge in [-0.1, -0.05) is 102 Å². The number of benzene rings is 2. The van der Waals surface area contributed by atoms with Crippen molar-refractivity contribution in [1.82, 2.24) is 0 Å². The zero-order chi connectivity index (χ0) is 28.5. The Kier molecular flexibility index (Phi) is 10.4. The quantitative estimate of drug-likeness (QED) is 0.111. The average molecular weight is 527 g/mol. The lowest BCUT2D eigenvalue weighted by Crippen LogP contribution is -2.30. The first-order valence-corrected chi connectivity index (χ1v) is 11.9. The minimum Gasteiger partial charge on any atom is -0.401 e. The standard InChI is InChI=1S/C29H34O9/c1-19(28(5,6)23-15-11-9-12-16-23)25(30)37-35-21(3)33-27(32)34-22(4)36-38-26(31)20(2)29(7,8)24-17-13-10-14-18-24/h9-18,21-22H,1-2H2,3-8H3. The van der Waals surface area contributed by atoms with Gasteiger partial charge in [0, 0.05) is 35.8 Å². The zero-order valence-corrected chi connectivity index (χ0v) is 22.5. The molecule has 2 unspecified atom stereocenters. The van der Waals surface area contributed by atoms with Crippen LogP contribution in [0.5, 0.6) is 0 Å². The van der Waals surface area contributed by atoms with E-state index in [-0.39, 0.29) is 11.1 Å². The summed E-state index contributed by atoms with van der Waals surface area (Å²) in [6.07, 6.45) is -3.86. The molecule has 0 saturated heterocycles. The minimum absolute atomic E-state index is 0.138. The third-order valence-corrected chi connectivity index (χ3v) is 6.04. The number of hydrogen-bond acceptors (Lipinski definition) is 9. The van der Waals surface area contributed by atoms with Crippen LogP contribution >= 0.6 is 0 Å². The molecule has 9 heteroatoms. The molecule has 0 aliphatic rings. The van der Waals surface area contributed by atoms with Crippen molar-refractivity contribution in [2.24, 2.45) is 0 Å². The van der Waals surface area contributed by atoms with E-state index in [0.29, 0.717) is 0 Å². The molecule has 0 radical (unpaired) electrons. The monoisotopic (exact) mass is 526 g/mol. The molecule has 0 heterocycles. The van der Waals surface area contributed by atoms with Crippen molar-refractivity contribution in [2.75, 3.05) is 0 Å². The van der Waals surface area contributed by atoms with Crippen LogP contribution in [0.2, 0.25) is 0 Å². The molecule has 0 bridgehead atoms. The van der Waals surface area contributed by atoms with E-state index in [1.807, 2.05) is 88.4 Å². The van der Waals surface area contributed by atoms with Crippen LogP contribution in [-0.4, -0.2) is 30.7 Å². The van der Waals surface area contributed by atoms with Gasteiger partial charge in [-0.3, -0.25) is 9.78 Å². The molecule has 0 amide bonds. The Morgan fingerprint density at radius 3 is 1.26 bits per heavy atom. The van der Waals surface area contributed by atoms with Crippen molar-refractivity contribution in [2.45, 2.75) is 65.0 Å². The molecule has 204 valence electrons. The molecule has 0 fully saturated rings. The Bertz CT molecular complexity index is 1050. The van der Waals surface area contributed by atoms with Gasteiger partial charge >= 0.3 is 18.1 Å². The Morgan fingerprint density at radius 2 is 0.947 bits per heavy atom. The molecule has 0 aliphatic carbocycles. The van der Waals surface area contributed by atoms with Crippen LogP contribution in [0.15, 0.2) is 85.0 Å². The predicted molar refractivity (Wildman–Crippen MR) is 138 cm³/mol. The van der Waals surface area contributed by atoms with E-state index in [2.05, 4.69) is 13.2 Å². The second kappa shape index (κ2) is 13.0. The van der Waals surface area contributed by atoms with Crippen LogP contribution in [0.25, 0.3) is 0 Å². The molecule has 0 aliphatic heterocycles. The molecule has 2 rings (SSSR count). The van der Waals surface area contributed by atoms with Gasteiger partial charge in [-0.05, 0) is 11.1 Å². The molecule has 0 spiro atoms. The van der Waals surface area contributed by atoms with Gasteiger partial charge in [0.2, 0.25) is 12.6 Å². The third kappa shape index (κ3) is 8.03. The third-order valence-electron chi connectivity index (χ3n) is 6.04. The second-order valence-corrected chi connectivity index (χ2v) is 9.49. The smallest absolute Gasteiger partial charge is 0.401 e. The van der Waals surface area contributed by atoms with E-state index in [1.165, 1.54) is 13.8 Å². The molecule has 2 atom stereocenters. The lowest BCUT2D eigenvalue weighted by atomic mass is 9.78. The first kappa shape index (κ1) is 30.3. The fourth-order valence-corrected chi connectivity index (χ4v) is 3.23. The first-order valence-electron chi connectivity index (χ1n) is 11.9. The van der Waals surface area contributed by atoms with Gasteiger partial charge in [-0.15, -0.1) is 9.78 Å². The van der Waals surface area contributed by atoms with Crippen molar-refractivity contribution in [1.29, 1.82) is 0 Å². The topological polar surface area (TPSA) is 107 Å². The SMILES string of the molecule is C=C(C(=O)OOC(C)OC(=O)OC(C)OOC(=O)C(=C)C(C)(C)c1ccccc1)C(C)(C)c1ccccc1. The van der Waals surface area contributed by atoms with Crippen molar-refractivity contribution in [3.8, 4) is 0 Å². The van der Waals surface area contributed by atoms with Gasteiger partial charge < -0.3 is 9.47 Å². The van der Waals surface area contributed by atoms with E-state index in [4.69, 9.17) is 29.0 Å². The Morgan fingerprint density at radius 1 is 0.632 bits per heavy atom. The van der Waals surface area contributed by atoms with Crippen LogP contribution in [0.4, 0.5) is 4.79 Å². The zero-order valence-electron chi connectivity index (χ0n) is 22.5. The summed E-state index contributed by atoms with van der Waals surface area (Å²) in [5, 5.41) is 0. The molecule has 9 nitrogen and oxygen atoms in total. The Balaban J connectivity index is 1.76. The Labute approximate surface area is 222 Å². The number of ether oxygens (including phenoxy) is 2. The van der Waals surface area contributed by atoms with Crippen molar-refractivity contribution in [3.63, 3.8) is 0 Å². The van der Waals surface area contributed by atoms with Crippen LogP contribution in [0.3, 0.4) is 0 Å². The maximum atomic E-state index is 12.4. The molecule has 0 N–H and O–H groups in total. The highest BCUT2D eigenvalue weighted by Crippen LogP contribution is 2.32. The number of carbonyl (C=O) groups excluding carboxylic acids is 3. The highest BCUT2D eigenvalue weighted by Gasteiger charge is 2.32. The average Bonchev–Trinajstić information content (AvgIpc) is 2.90. The largest absolute Gasteiger partial charge is 0.513 e. The lowest BCUT2D eigenvalue weighted by molar-refractivity contribution is -0.351. The second-order valence-electron chi connectivity index (χ2n) is 9.49. The van der Waals surface area contributed by atoms with Crippen LogP contribution < -0.4 is 0 Å². The van der Waals surface area contributed by atoms with E-state index >= 15 is 0 Å². The van der Waals surface area contributed by atoms with Crippen LogP contribution in [0.1, 0.15) is 52.7 Å². The fourth-order valence-electron chi connectivity index (χ4n) is 3.23. The molecular formula is C29H34O9. The van der Waals surface area contributed by atoms with E-state index in [9.17, 15) is 14.4 Å². The summed E-state index contributed by atoms with van der Waals surface area (Å²) in [6, 6.07) is 18.6. The maximum Gasteiger partial charge on any atom is 0.513 e. The molecular weight excluding hydrogens is 492 g/mol. The van der Waals surface area contributed by atoms with E-state index in [1.54, 1.807) is 0 Å². The van der Waals surface area contributed by atoms with Crippen molar-refractivity contribution in [3.05, 3.63) is 96.1 Å². The number of hydrogen-bond donors (Lipinski definition) is 0. The van der Waals surface area contributed by atoms with Crippen molar-refractivity contribution < 1.29 is 43.4 Å². The Hall–Kier alpha value is -3.95. The highest BCUT2D eigenvalue weighted by atomic mass is 17.2. The summed E-state index contributed by atoms with van der Waals surface area (Å²) in [5.74, 6) is -1.66. The van der Waals surface area contributed by atoms with Gasteiger partial charge in [0.1, 0.15) is 0 Å². The van der Waals surface area contributed by atoms with Crippen LogP contribution in [-0.2, 0) is 49.4 Å². The fraction of sp³-hybridized carbons (Fsp3) is 0.345. The summed E-state index contributed by atoms with van der Waals surface area (Å²) in [4.78, 5) is 56.0. The summed E-state index contributed by atoms with van der Waals surface area (Å²) >= 11 is 0. The maximum absolute atomic E-state index is 12.4. The van der Waals surface area contributed by atoms with E-state index in [0.717, 1.165) is 11.1 Å². The molecule has 0 saturated carbocycles. The molecule has 2 aromatic carbocycles. The number of carbonyl (C=O) groups is 3. The molecule has 38 heavy (non-hydrogen) atoms. The first-order chi connectivity index (χ1) is 17.8. The summed E-state index contributed by atoms with van der Waals surface area (Å²) in [5.41, 5.74) is 0.541. The summed E-state index contributed by atoms with van der Waals surface area (Å²) in [7, 11) is 0. The molecule has 0 aromatic heterocycles. The number of rotatable bonds is 12. The van der Waals surface area contributed by atoms with Gasteiger partial charge in [-0.2, -0.15) is 0 Å². The highest BCUT2D eigenvalue weighted by molar-refractivity contribution is 5.90. The minimum atomic E-state index is -1.32. The van der Waals surface area contributed by atoms with Gasteiger partial charge in [0.15, 0.2) is 0 Å². The van der Waals surface area contributed by atoms with E-state index < -0.39 is 41.5 Å². The normalized spacial score (nSPS) is 13.0. The van der Waals surface area contributed by atoms with Gasteiger partial charge in [0.05, 0.1) is 0 Å². The van der Waals surface area contributed by atoms with Gasteiger partial charge in [0.25, 0.3) is 0 Å². The summed E-state index contributed by atoms with van der Waals surface area (Å²) in [6.45, 7) is 17.5. The van der Waals surface area contributed by atoms with Gasteiger partial charge in [-0.25, -0.2) is 14.4 Å². The predicted octanol–water partition coefficient (Wildman–Crippen LogP) is 5.85.